The molecule has 184 valence electrons. The molecule has 0 radical (unpaired) electrons. The van der Waals surface area contributed by atoms with Crippen LogP contribution in [-0.2, 0) is 4.74 Å². The summed E-state index contributed by atoms with van der Waals surface area (Å²) in [5.41, 5.74) is -0.161. The Bertz CT molecular complexity index is 1100. The normalized spacial score (nSPS) is 33.1. The Kier molecular flexibility index (Phi) is 5.57. The van der Waals surface area contributed by atoms with Crippen LogP contribution in [0.1, 0.15) is 38.5 Å². The third-order valence-corrected chi connectivity index (χ3v) is 8.65. The summed E-state index contributed by atoms with van der Waals surface area (Å²) in [6, 6.07) is 0.103. The minimum absolute atomic E-state index is 0.0671. The van der Waals surface area contributed by atoms with Crippen LogP contribution < -0.4 is 9.64 Å². The molecule has 7 nitrogen and oxygen atoms in total. The Hall–Kier alpha value is -1.84. The molecule has 0 amide bonds. The van der Waals surface area contributed by atoms with Crippen LogP contribution in [0, 0.1) is 17.2 Å². The average molecular weight is 494 g/mol. The van der Waals surface area contributed by atoms with Crippen LogP contribution >= 0.6 is 11.6 Å². The molecule has 2 aromatic rings. The molecule has 2 unspecified atom stereocenters. The molecule has 3 saturated heterocycles. The van der Waals surface area contributed by atoms with Gasteiger partial charge in [0.2, 0.25) is 0 Å². The zero-order chi connectivity index (χ0) is 23.5. The van der Waals surface area contributed by atoms with E-state index in [9.17, 15) is 4.39 Å². The molecule has 2 bridgehead atoms. The van der Waals surface area contributed by atoms with Gasteiger partial charge in [-0.15, -0.1) is 0 Å². The fourth-order valence-electron chi connectivity index (χ4n) is 7.00. The van der Waals surface area contributed by atoms with Crippen molar-refractivity contribution in [2.75, 3.05) is 51.4 Å². The predicted molar refractivity (Wildman–Crippen MR) is 125 cm³/mol. The van der Waals surface area contributed by atoms with Gasteiger partial charge in [-0.1, -0.05) is 11.6 Å². The van der Waals surface area contributed by atoms with E-state index in [1.807, 2.05) is 0 Å². The molecule has 4 aliphatic rings. The summed E-state index contributed by atoms with van der Waals surface area (Å²) in [6.45, 7) is 3.90. The first-order chi connectivity index (χ1) is 16.4. The lowest BCUT2D eigenvalue weighted by Gasteiger charge is -2.41. The van der Waals surface area contributed by atoms with E-state index in [-0.39, 0.29) is 34.2 Å². The zero-order valence-corrected chi connectivity index (χ0v) is 20.2. The first-order valence-electron chi connectivity index (χ1n) is 12.2. The van der Waals surface area contributed by atoms with Gasteiger partial charge in [0.1, 0.15) is 24.1 Å². The Morgan fingerprint density at radius 3 is 2.94 bits per heavy atom. The quantitative estimate of drug-likeness (QED) is 0.563. The van der Waals surface area contributed by atoms with Crippen molar-refractivity contribution in [2.24, 2.45) is 11.3 Å². The van der Waals surface area contributed by atoms with Crippen molar-refractivity contribution in [2.45, 2.75) is 50.2 Å². The number of nitrogens with zero attached hydrogens (tertiary/aromatic N) is 5. The van der Waals surface area contributed by atoms with E-state index in [0.717, 1.165) is 51.7 Å². The number of ether oxygens (including phenoxy) is 2. The highest BCUT2D eigenvalue weighted by atomic mass is 35.5. The number of fused-ring (bicyclic) bond motifs is 4. The van der Waals surface area contributed by atoms with Crippen LogP contribution in [0.15, 0.2) is 6.20 Å². The average Bonchev–Trinajstić information content (AvgIpc) is 3.44. The van der Waals surface area contributed by atoms with Gasteiger partial charge in [-0.2, -0.15) is 9.97 Å². The van der Waals surface area contributed by atoms with E-state index >= 15 is 4.39 Å². The topological polar surface area (TPSA) is 63.6 Å². The fraction of sp³-hybridized carbons (Fsp3) is 0.708. The van der Waals surface area contributed by atoms with Gasteiger partial charge in [0.25, 0.3) is 0 Å². The van der Waals surface area contributed by atoms with Crippen molar-refractivity contribution in [1.29, 1.82) is 0 Å². The molecule has 6 rings (SSSR count). The monoisotopic (exact) mass is 493 g/mol. The van der Waals surface area contributed by atoms with Crippen molar-refractivity contribution in [3.63, 3.8) is 0 Å². The first kappa shape index (κ1) is 22.6. The molecular weight excluding hydrogens is 464 g/mol. The molecule has 1 saturated carbocycles. The maximum atomic E-state index is 15.1. The van der Waals surface area contributed by atoms with Gasteiger partial charge >= 0.3 is 6.01 Å². The first-order valence-corrected chi connectivity index (χ1v) is 12.6. The lowest BCUT2D eigenvalue weighted by molar-refractivity contribution is 0.0773. The standard InChI is InChI=1S/C24H30ClF2N5O2/c1-33-13-23-5-3-15(7-23)10-31(12-23)21-17-9-28-20(25)18(27)19(17)29-22(30-21)34-14-24-4-2-6-32(24)11-16(26)8-24/h9,15-16H,2-8,10-14H2,1H3/t15?,16-,23?,24+/m1/s1. The fourth-order valence-corrected chi connectivity index (χ4v) is 7.14. The van der Waals surface area contributed by atoms with E-state index in [4.69, 9.17) is 26.1 Å². The summed E-state index contributed by atoms with van der Waals surface area (Å²) in [4.78, 5) is 17.6. The maximum absolute atomic E-state index is 15.1. The Balaban J connectivity index is 1.36. The van der Waals surface area contributed by atoms with Crippen LogP contribution in [0.25, 0.3) is 10.9 Å². The Morgan fingerprint density at radius 2 is 2.09 bits per heavy atom. The summed E-state index contributed by atoms with van der Waals surface area (Å²) in [5.74, 6) is 0.476. The number of hydrogen-bond donors (Lipinski definition) is 0. The highest BCUT2D eigenvalue weighted by molar-refractivity contribution is 6.30. The Morgan fingerprint density at radius 1 is 1.21 bits per heavy atom. The molecule has 4 fully saturated rings. The molecule has 0 aromatic carbocycles. The van der Waals surface area contributed by atoms with Gasteiger partial charge in [-0.25, -0.2) is 13.8 Å². The molecule has 3 aliphatic heterocycles. The molecule has 4 atom stereocenters. The molecule has 2 aromatic heterocycles. The molecule has 0 N–H and O–H groups in total. The van der Waals surface area contributed by atoms with Gasteiger partial charge in [-0.3, -0.25) is 4.90 Å². The van der Waals surface area contributed by atoms with Crippen molar-refractivity contribution in [3.05, 3.63) is 17.2 Å². The number of aromatic nitrogens is 3. The van der Waals surface area contributed by atoms with Gasteiger partial charge in [0.15, 0.2) is 11.0 Å². The van der Waals surface area contributed by atoms with E-state index in [1.165, 1.54) is 0 Å². The largest absolute Gasteiger partial charge is 0.461 e. The smallest absolute Gasteiger partial charge is 0.319 e. The van der Waals surface area contributed by atoms with Crippen molar-refractivity contribution >= 4 is 28.3 Å². The number of methoxy groups -OCH3 is 1. The van der Waals surface area contributed by atoms with Crippen LogP contribution in [0.5, 0.6) is 6.01 Å². The third-order valence-electron chi connectivity index (χ3n) is 8.39. The lowest BCUT2D eigenvalue weighted by atomic mass is 9.82. The number of rotatable bonds is 6. The van der Waals surface area contributed by atoms with E-state index < -0.39 is 12.0 Å². The minimum atomic E-state index is -0.847. The zero-order valence-electron chi connectivity index (χ0n) is 19.4. The SMILES string of the molecule is COCC12CCC(CN(c3nc(OC[C@@]45CCCN4C[C@H](F)C5)nc4c(F)c(Cl)ncc34)C1)C2. The minimum Gasteiger partial charge on any atom is -0.461 e. The van der Waals surface area contributed by atoms with Gasteiger partial charge in [-0.05, 0) is 44.6 Å². The van der Waals surface area contributed by atoms with Crippen LogP contribution in [0.3, 0.4) is 0 Å². The van der Waals surface area contributed by atoms with E-state index in [2.05, 4.69) is 19.8 Å². The lowest BCUT2D eigenvalue weighted by Crippen LogP contribution is -2.45. The van der Waals surface area contributed by atoms with Crippen molar-refractivity contribution < 1.29 is 18.3 Å². The second-order valence-corrected chi connectivity index (χ2v) is 11.1. The number of pyridine rings is 1. The number of alkyl halides is 1. The highest BCUT2D eigenvalue weighted by Crippen LogP contribution is 2.48. The second-order valence-electron chi connectivity index (χ2n) is 10.7. The second kappa shape index (κ2) is 8.38. The maximum Gasteiger partial charge on any atom is 0.319 e. The summed E-state index contributed by atoms with van der Waals surface area (Å²) in [6.07, 6.45) is 6.43. The van der Waals surface area contributed by atoms with E-state index in [0.29, 0.717) is 36.7 Å². The molecule has 5 heterocycles. The van der Waals surface area contributed by atoms with Gasteiger partial charge < -0.3 is 14.4 Å². The third kappa shape index (κ3) is 3.71. The van der Waals surface area contributed by atoms with Crippen LogP contribution in [-0.4, -0.2) is 78.1 Å². The van der Waals surface area contributed by atoms with E-state index in [1.54, 1.807) is 13.3 Å². The molecule has 34 heavy (non-hydrogen) atoms. The Labute approximate surface area is 202 Å². The summed E-state index contributed by atoms with van der Waals surface area (Å²) in [7, 11) is 1.74. The van der Waals surface area contributed by atoms with Crippen molar-refractivity contribution in [1.82, 2.24) is 19.9 Å². The van der Waals surface area contributed by atoms with Crippen molar-refractivity contribution in [3.8, 4) is 6.01 Å². The number of piperidine rings is 1. The van der Waals surface area contributed by atoms with Gasteiger partial charge in [0.05, 0.1) is 17.5 Å². The molecule has 0 spiro atoms. The molecule has 10 heteroatoms. The number of anilines is 1. The summed E-state index contributed by atoms with van der Waals surface area (Å²) < 4.78 is 40.9. The highest BCUT2D eigenvalue weighted by Gasteiger charge is 2.50. The number of hydrogen-bond acceptors (Lipinski definition) is 7. The van der Waals surface area contributed by atoms with Crippen LogP contribution in [0.2, 0.25) is 5.15 Å². The molecular formula is C24H30ClF2N5O2. The summed E-state index contributed by atoms with van der Waals surface area (Å²) in [5, 5.41) is 0.294. The van der Waals surface area contributed by atoms with Gasteiger partial charge in [0, 0.05) is 44.8 Å². The number of halogens is 3. The molecule has 1 aliphatic carbocycles. The predicted octanol–water partition coefficient (Wildman–Crippen LogP) is 4.03. The summed E-state index contributed by atoms with van der Waals surface area (Å²) >= 11 is 6.00. The van der Waals surface area contributed by atoms with Crippen LogP contribution in [0.4, 0.5) is 14.6 Å².